The maximum atomic E-state index is 14.7. The van der Waals surface area contributed by atoms with Crippen LogP contribution in [0.3, 0.4) is 0 Å². The molecular weight excluding hydrogens is 485 g/mol. The molecule has 32 heavy (non-hydrogen) atoms. The van der Waals surface area contributed by atoms with Gasteiger partial charge in [-0.15, -0.1) is 12.6 Å². The summed E-state index contributed by atoms with van der Waals surface area (Å²) >= 11 is 11.0. The van der Waals surface area contributed by atoms with Crippen molar-refractivity contribution >= 4 is 64.8 Å². The number of halogens is 2. The summed E-state index contributed by atoms with van der Waals surface area (Å²) < 4.78 is 25.1. The van der Waals surface area contributed by atoms with Crippen LogP contribution >= 0.6 is 36.0 Å². The molecule has 0 aromatic heterocycles. The molecule has 2 unspecified atom stereocenters. The molecule has 0 aliphatic carbocycles. The van der Waals surface area contributed by atoms with Gasteiger partial charge in [-0.1, -0.05) is 23.4 Å². The van der Waals surface area contributed by atoms with Crippen LogP contribution in [-0.2, 0) is 14.3 Å². The predicted molar refractivity (Wildman–Crippen MR) is 122 cm³/mol. The molecule has 0 radical (unpaired) electrons. The molecule has 2 atom stereocenters. The third kappa shape index (κ3) is 5.41. The van der Waals surface area contributed by atoms with E-state index >= 15 is 0 Å². The van der Waals surface area contributed by atoms with Crippen molar-refractivity contribution in [3.05, 3.63) is 23.0 Å². The van der Waals surface area contributed by atoms with Crippen LogP contribution in [0.4, 0.5) is 19.7 Å². The lowest BCUT2D eigenvalue weighted by Gasteiger charge is -2.41. The third-order valence-corrected chi connectivity index (χ3v) is 6.57. The summed E-state index contributed by atoms with van der Waals surface area (Å²) in [6.07, 6.45) is -1.08. The Morgan fingerprint density at radius 1 is 1.22 bits per heavy atom. The standard InChI is InChI=1S/C19H23ClFN3O6S2/c1-6-29-15(25)10(3)32-16(26)9(2)30-14-8-13(12(21)7-11(14)20)24-17(27)22(4)19(31)23(5)18(24)28/h7-10,19,31H,6H2,1-5H3. The van der Waals surface area contributed by atoms with Gasteiger partial charge in [-0.25, -0.2) is 18.9 Å². The van der Waals surface area contributed by atoms with Crippen LogP contribution in [0.1, 0.15) is 20.8 Å². The lowest BCUT2D eigenvalue weighted by Crippen LogP contribution is -2.62. The van der Waals surface area contributed by atoms with Crippen LogP contribution in [0.15, 0.2) is 12.1 Å². The number of imide groups is 1. The number of carbonyl (C=O) groups excluding carboxylic acids is 4. The Balaban J connectivity index is 2.27. The van der Waals surface area contributed by atoms with E-state index in [0.717, 1.165) is 33.7 Å². The molecule has 1 fully saturated rings. The SMILES string of the molecule is CCOC(=O)C(C)SC(=O)C(C)Oc1cc(N2C(=O)N(C)C(S)N(C)C2=O)c(F)cc1Cl. The number of ether oxygens (including phenoxy) is 2. The fourth-order valence-corrected chi connectivity index (χ4v) is 3.80. The zero-order valence-corrected chi connectivity index (χ0v) is 20.5. The number of hydrogen-bond acceptors (Lipinski definition) is 8. The minimum Gasteiger partial charge on any atom is -0.480 e. The van der Waals surface area contributed by atoms with Gasteiger partial charge in [0.1, 0.15) is 16.8 Å². The summed E-state index contributed by atoms with van der Waals surface area (Å²) in [4.78, 5) is 52.3. The minimum atomic E-state index is -1.08. The molecule has 0 saturated carbocycles. The largest absolute Gasteiger partial charge is 0.480 e. The highest BCUT2D eigenvalue weighted by molar-refractivity contribution is 8.14. The van der Waals surface area contributed by atoms with Crippen molar-refractivity contribution in [2.45, 2.75) is 37.6 Å². The molecule has 13 heteroatoms. The van der Waals surface area contributed by atoms with Crippen LogP contribution in [0.2, 0.25) is 5.02 Å². The van der Waals surface area contributed by atoms with Gasteiger partial charge in [0.05, 0.1) is 17.3 Å². The number of rotatable bonds is 7. The molecule has 0 N–H and O–H groups in total. The Kier molecular flexibility index (Phi) is 8.66. The number of amides is 4. The molecule has 1 saturated heterocycles. The molecule has 9 nitrogen and oxygen atoms in total. The first kappa shape index (κ1) is 26.1. The molecule has 0 bridgehead atoms. The average molecular weight is 508 g/mol. The van der Waals surface area contributed by atoms with E-state index in [-0.39, 0.29) is 17.4 Å². The van der Waals surface area contributed by atoms with Gasteiger partial charge in [-0.3, -0.25) is 19.4 Å². The van der Waals surface area contributed by atoms with Gasteiger partial charge < -0.3 is 9.47 Å². The zero-order valence-electron chi connectivity index (χ0n) is 18.0. The van der Waals surface area contributed by atoms with Crippen molar-refractivity contribution in [3.63, 3.8) is 0 Å². The van der Waals surface area contributed by atoms with Gasteiger partial charge in [0.25, 0.3) is 0 Å². The number of carbonyl (C=O) groups is 4. The van der Waals surface area contributed by atoms with Crippen LogP contribution in [-0.4, -0.2) is 70.5 Å². The Labute approximate surface area is 199 Å². The molecular formula is C19H23ClFN3O6S2. The van der Waals surface area contributed by atoms with Crippen molar-refractivity contribution in [2.75, 3.05) is 25.6 Å². The molecule has 1 aromatic carbocycles. The molecule has 1 aromatic rings. The number of urea groups is 2. The first-order chi connectivity index (χ1) is 14.9. The summed E-state index contributed by atoms with van der Waals surface area (Å²) in [7, 11) is 2.81. The van der Waals surface area contributed by atoms with Gasteiger partial charge >= 0.3 is 18.0 Å². The minimum absolute atomic E-state index is 0.118. The van der Waals surface area contributed by atoms with E-state index in [9.17, 15) is 23.6 Å². The van der Waals surface area contributed by atoms with E-state index in [2.05, 4.69) is 12.6 Å². The summed E-state index contributed by atoms with van der Waals surface area (Å²) in [6.45, 7) is 4.79. The highest BCUT2D eigenvalue weighted by Crippen LogP contribution is 2.36. The van der Waals surface area contributed by atoms with Gasteiger partial charge in [-0.05, 0) is 26.8 Å². The summed E-state index contributed by atoms with van der Waals surface area (Å²) in [5.41, 5.74) is -1.22. The second-order valence-electron chi connectivity index (χ2n) is 6.79. The van der Waals surface area contributed by atoms with Crippen molar-refractivity contribution in [1.29, 1.82) is 0 Å². The van der Waals surface area contributed by atoms with Gasteiger partial charge in [0, 0.05) is 20.2 Å². The molecule has 0 spiro atoms. The monoisotopic (exact) mass is 507 g/mol. The number of anilines is 1. The summed E-state index contributed by atoms with van der Waals surface area (Å²) in [5.74, 6) is -1.60. The van der Waals surface area contributed by atoms with E-state index in [1.807, 2.05) is 0 Å². The second-order valence-corrected chi connectivity index (χ2v) is 9.01. The smallest absolute Gasteiger partial charge is 0.334 e. The molecule has 2 rings (SSSR count). The average Bonchev–Trinajstić information content (AvgIpc) is 2.73. The topological polar surface area (TPSA) is 96.5 Å². The number of benzene rings is 1. The number of thioether (sulfide) groups is 1. The van der Waals surface area contributed by atoms with Gasteiger partial charge in [0.15, 0.2) is 11.6 Å². The Morgan fingerprint density at radius 3 is 2.31 bits per heavy atom. The molecule has 1 heterocycles. The molecule has 4 amide bonds. The van der Waals surface area contributed by atoms with Crippen LogP contribution in [0.25, 0.3) is 0 Å². The van der Waals surface area contributed by atoms with Crippen LogP contribution in [0, 0.1) is 5.82 Å². The lowest BCUT2D eigenvalue weighted by atomic mass is 10.2. The molecule has 1 aliphatic rings. The van der Waals surface area contributed by atoms with E-state index in [1.54, 1.807) is 6.92 Å². The highest BCUT2D eigenvalue weighted by atomic mass is 35.5. The lowest BCUT2D eigenvalue weighted by molar-refractivity contribution is -0.142. The maximum Gasteiger partial charge on any atom is 0.334 e. The molecule has 1 aliphatic heterocycles. The van der Waals surface area contributed by atoms with Crippen molar-refractivity contribution < 1.29 is 33.0 Å². The predicted octanol–water partition coefficient (Wildman–Crippen LogP) is 3.59. The highest BCUT2D eigenvalue weighted by Gasteiger charge is 2.41. The number of thiol groups is 1. The summed E-state index contributed by atoms with van der Waals surface area (Å²) in [6, 6.07) is 0.342. The quantitative estimate of drug-likeness (QED) is 0.445. The van der Waals surface area contributed by atoms with Crippen LogP contribution < -0.4 is 9.64 Å². The van der Waals surface area contributed by atoms with E-state index in [0.29, 0.717) is 4.90 Å². The fraction of sp³-hybridized carbons (Fsp3) is 0.474. The van der Waals surface area contributed by atoms with Gasteiger partial charge in [-0.2, -0.15) is 0 Å². The summed E-state index contributed by atoms with van der Waals surface area (Å²) in [5, 5.41) is -1.41. The van der Waals surface area contributed by atoms with Crippen molar-refractivity contribution in [1.82, 2.24) is 9.80 Å². The first-order valence-electron chi connectivity index (χ1n) is 9.45. The zero-order chi connectivity index (χ0) is 24.3. The van der Waals surface area contributed by atoms with E-state index < -0.39 is 51.5 Å². The van der Waals surface area contributed by atoms with Gasteiger partial charge in [0.2, 0.25) is 5.12 Å². The van der Waals surface area contributed by atoms with Crippen LogP contribution in [0.5, 0.6) is 5.75 Å². The van der Waals surface area contributed by atoms with E-state index in [4.69, 9.17) is 21.1 Å². The van der Waals surface area contributed by atoms with Crippen molar-refractivity contribution in [3.8, 4) is 5.75 Å². The third-order valence-electron chi connectivity index (χ3n) is 4.47. The van der Waals surface area contributed by atoms with Crippen molar-refractivity contribution in [2.24, 2.45) is 0 Å². The van der Waals surface area contributed by atoms with E-state index in [1.165, 1.54) is 27.9 Å². The normalized spacial score (nSPS) is 16.8. The Bertz CT molecular complexity index is 915. The molecule has 176 valence electrons. The number of nitrogens with zero attached hydrogens (tertiary/aromatic N) is 3. The fourth-order valence-electron chi connectivity index (χ4n) is 2.66. The Morgan fingerprint density at radius 2 is 1.78 bits per heavy atom. The first-order valence-corrected chi connectivity index (χ1v) is 11.2. The maximum absolute atomic E-state index is 14.7. The number of hydrogen-bond donors (Lipinski definition) is 1. The second kappa shape index (κ2) is 10.6. The number of esters is 1. The Hall–Kier alpha value is -2.18.